The lowest BCUT2D eigenvalue weighted by Crippen LogP contribution is -2.43. The maximum absolute atomic E-state index is 2.59. The number of pyridine rings is 2. The highest BCUT2D eigenvalue weighted by Crippen LogP contribution is 2.41. The third-order valence-electron chi connectivity index (χ3n) is 8.78. The summed E-state index contributed by atoms with van der Waals surface area (Å²) in [4.78, 5) is 0. The molecule has 3 heterocycles. The predicted molar refractivity (Wildman–Crippen MR) is 151 cm³/mol. The third kappa shape index (κ3) is 2.71. The Balaban J connectivity index is 1.95. The molecule has 0 unspecified atom stereocenters. The van der Waals surface area contributed by atoms with Gasteiger partial charge in [-0.3, -0.25) is 0 Å². The van der Waals surface area contributed by atoms with Crippen LogP contribution in [0.2, 0.25) is 18.6 Å². The number of aromatic nitrogens is 2. The smallest absolute Gasteiger partial charge is 0.224 e. The van der Waals surface area contributed by atoms with Gasteiger partial charge in [-0.1, -0.05) is 75.8 Å². The lowest BCUT2D eigenvalue weighted by Gasteiger charge is -2.26. The Labute approximate surface area is 203 Å². The van der Waals surface area contributed by atoms with Crippen molar-refractivity contribution in [3.63, 3.8) is 0 Å². The molecule has 0 aliphatic heterocycles. The molecular formula is C31H35N2Si+. The Morgan fingerprint density at radius 3 is 2.35 bits per heavy atom. The highest BCUT2D eigenvalue weighted by molar-refractivity contribution is 6.91. The molecule has 3 aromatic carbocycles. The van der Waals surface area contributed by atoms with Crippen LogP contribution in [0.1, 0.15) is 44.7 Å². The number of fused-ring (bicyclic) bond motifs is 5. The first-order chi connectivity index (χ1) is 16.3. The highest BCUT2D eigenvalue weighted by Gasteiger charge is 2.29. The minimum absolute atomic E-state index is 0.517. The SMILES string of the molecule is CC[Si](C)(CC)c1cc2cc[n+](C)c3c4c(C)ccc5c6cc(C(C)C)ccc6n(c(c1)c23)c54. The summed E-state index contributed by atoms with van der Waals surface area (Å²) in [5.41, 5.74) is 8.19. The number of hydrogen-bond donors (Lipinski definition) is 0. The van der Waals surface area contributed by atoms with E-state index in [0.29, 0.717) is 5.92 Å². The molecule has 0 fully saturated rings. The first-order valence-corrected chi connectivity index (χ1v) is 15.8. The van der Waals surface area contributed by atoms with Crippen LogP contribution in [0.25, 0.3) is 49.0 Å². The van der Waals surface area contributed by atoms with Gasteiger partial charge in [-0.25, -0.2) is 4.57 Å². The summed E-state index contributed by atoms with van der Waals surface area (Å²) in [5, 5.41) is 8.50. The molecule has 2 nitrogen and oxygen atoms in total. The minimum Gasteiger partial charge on any atom is -0.307 e. The Bertz CT molecular complexity index is 1730. The summed E-state index contributed by atoms with van der Waals surface area (Å²) in [6.07, 6.45) is 2.26. The molecule has 0 aliphatic carbocycles. The van der Waals surface area contributed by atoms with Crippen LogP contribution in [0.3, 0.4) is 0 Å². The maximum Gasteiger partial charge on any atom is 0.224 e. The zero-order valence-corrected chi connectivity index (χ0v) is 22.6. The van der Waals surface area contributed by atoms with Crippen molar-refractivity contribution in [1.29, 1.82) is 0 Å². The van der Waals surface area contributed by atoms with Crippen molar-refractivity contribution in [2.24, 2.45) is 7.05 Å². The van der Waals surface area contributed by atoms with E-state index in [2.05, 4.69) is 112 Å². The van der Waals surface area contributed by atoms with E-state index in [-0.39, 0.29) is 0 Å². The lowest BCUT2D eigenvalue weighted by molar-refractivity contribution is -0.643. The number of rotatable bonds is 4. The normalized spacial score (nSPS) is 13.1. The van der Waals surface area contributed by atoms with Gasteiger partial charge in [0.1, 0.15) is 7.05 Å². The van der Waals surface area contributed by atoms with E-state index in [9.17, 15) is 0 Å². The van der Waals surface area contributed by atoms with E-state index in [1.807, 2.05) is 0 Å². The number of aryl methyl sites for hydroxylation is 2. The van der Waals surface area contributed by atoms with Gasteiger partial charge in [0.05, 0.1) is 35.4 Å². The van der Waals surface area contributed by atoms with Gasteiger partial charge >= 0.3 is 0 Å². The van der Waals surface area contributed by atoms with Gasteiger partial charge in [-0.2, -0.15) is 0 Å². The van der Waals surface area contributed by atoms with Gasteiger partial charge < -0.3 is 4.40 Å². The second-order valence-electron chi connectivity index (χ2n) is 10.9. The number of nitrogens with zero attached hydrogens (tertiary/aromatic N) is 2. The molecule has 172 valence electrons. The Morgan fingerprint density at radius 1 is 0.882 bits per heavy atom. The molecule has 0 N–H and O–H groups in total. The molecule has 0 spiro atoms. The molecule has 34 heavy (non-hydrogen) atoms. The molecule has 3 aromatic heterocycles. The van der Waals surface area contributed by atoms with E-state index in [1.165, 1.54) is 72.2 Å². The van der Waals surface area contributed by atoms with Crippen LogP contribution in [-0.2, 0) is 7.05 Å². The van der Waals surface area contributed by atoms with Gasteiger partial charge in [-0.05, 0) is 47.6 Å². The molecule has 0 bridgehead atoms. The van der Waals surface area contributed by atoms with Crippen molar-refractivity contribution in [2.45, 2.75) is 59.2 Å². The van der Waals surface area contributed by atoms with Gasteiger partial charge in [0.15, 0.2) is 6.20 Å². The summed E-state index contributed by atoms with van der Waals surface area (Å²) in [6.45, 7) is 14.2. The van der Waals surface area contributed by atoms with E-state index in [4.69, 9.17) is 0 Å². The minimum atomic E-state index is -1.52. The van der Waals surface area contributed by atoms with Crippen LogP contribution in [0, 0.1) is 6.92 Å². The Hall–Kier alpha value is -2.91. The van der Waals surface area contributed by atoms with Gasteiger partial charge in [0, 0.05) is 16.8 Å². The molecule has 0 saturated heterocycles. The van der Waals surface area contributed by atoms with Gasteiger partial charge in [0.2, 0.25) is 5.52 Å². The fourth-order valence-corrected chi connectivity index (χ4v) is 8.41. The molecule has 0 amide bonds. The number of benzene rings is 3. The summed E-state index contributed by atoms with van der Waals surface area (Å²) >= 11 is 0. The zero-order chi connectivity index (χ0) is 23.9. The van der Waals surface area contributed by atoms with Gasteiger partial charge in [0.25, 0.3) is 0 Å². The predicted octanol–water partition coefficient (Wildman–Crippen LogP) is 7.57. The van der Waals surface area contributed by atoms with Crippen LogP contribution < -0.4 is 9.75 Å². The van der Waals surface area contributed by atoms with Crippen LogP contribution in [0.5, 0.6) is 0 Å². The fourth-order valence-electron chi connectivity index (χ4n) is 6.10. The second kappa shape index (κ2) is 7.29. The topological polar surface area (TPSA) is 8.29 Å². The van der Waals surface area contributed by atoms with E-state index >= 15 is 0 Å². The molecular weight excluding hydrogens is 428 g/mol. The first-order valence-electron chi connectivity index (χ1n) is 12.8. The van der Waals surface area contributed by atoms with E-state index in [1.54, 1.807) is 5.19 Å². The van der Waals surface area contributed by atoms with Crippen LogP contribution in [-0.4, -0.2) is 12.5 Å². The summed E-state index contributed by atoms with van der Waals surface area (Å²) in [6, 6.07) is 21.8. The average Bonchev–Trinajstić information content (AvgIpc) is 3.17. The van der Waals surface area contributed by atoms with Crippen LogP contribution in [0.4, 0.5) is 0 Å². The average molecular weight is 464 g/mol. The van der Waals surface area contributed by atoms with E-state index in [0.717, 1.165) is 0 Å². The first kappa shape index (κ1) is 21.6. The Kier molecular flexibility index (Phi) is 4.63. The van der Waals surface area contributed by atoms with Crippen molar-refractivity contribution in [1.82, 2.24) is 4.40 Å². The number of hydrogen-bond acceptors (Lipinski definition) is 0. The molecule has 0 aliphatic rings. The third-order valence-corrected chi connectivity index (χ3v) is 13.6. The van der Waals surface area contributed by atoms with Crippen LogP contribution in [0.15, 0.2) is 54.7 Å². The maximum atomic E-state index is 2.59. The van der Waals surface area contributed by atoms with Crippen molar-refractivity contribution in [2.75, 3.05) is 0 Å². The summed E-state index contributed by atoms with van der Waals surface area (Å²) in [5.74, 6) is 0.517. The molecule has 0 radical (unpaired) electrons. The molecule has 0 atom stereocenters. The Morgan fingerprint density at radius 2 is 1.65 bits per heavy atom. The fraction of sp³-hybridized carbons (Fsp3) is 0.323. The lowest BCUT2D eigenvalue weighted by atomic mass is 9.98. The molecule has 0 saturated carbocycles. The summed E-state index contributed by atoms with van der Waals surface area (Å²) < 4.78 is 4.93. The van der Waals surface area contributed by atoms with E-state index < -0.39 is 8.07 Å². The monoisotopic (exact) mass is 463 g/mol. The van der Waals surface area contributed by atoms with Crippen molar-refractivity contribution in [3.8, 4) is 0 Å². The molecule has 6 aromatic rings. The second-order valence-corrected chi connectivity index (χ2v) is 16.0. The molecule has 3 heteroatoms. The molecule has 6 rings (SSSR count). The standard InChI is InChI=1S/C31H35N2Si/c1-8-34(7,9-2)23-16-22-14-15-32(6)31-28-20(5)10-12-24-25-17-21(19(3)4)11-13-26(25)33(30(24)28)27(18-23)29(22)31/h10-19H,8-9H2,1-7H3/q+1. The van der Waals surface area contributed by atoms with Gasteiger partial charge in [-0.15, -0.1) is 0 Å². The quantitative estimate of drug-likeness (QED) is 0.110. The van der Waals surface area contributed by atoms with Crippen LogP contribution >= 0.6 is 0 Å². The van der Waals surface area contributed by atoms with Crippen molar-refractivity contribution < 1.29 is 4.57 Å². The van der Waals surface area contributed by atoms with Crippen molar-refractivity contribution >= 4 is 62.3 Å². The summed E-state index contributed by atoms with van der Waals surface area (Å²) in [7, 11) is 0.683. The highest BCUT2D eigenvalue weighted by atomic mass is 28.3. The van der Waals surface area contributed by atoms with Crippen molar-refractivity contribution in [3.05, 3.63) is 65.9 Å². The zero-order valence-electron chi connectivity index (χ0n) is 21.6. The largest absolute Gasteiger partial charge is 0.307 e.